The molecule has 1 amide bonds. The number of hydrogen-bond acceptors (Lipinski definition) is 4. The first-order chi connectivity index (χ1) is 13.0. The van der Waals surface area contributed by atoms with Crippen molar-refractivity contribution in [2.75, 3.05) is 13.2 Å². The number of carbonyl (C=O) groups is 1. The third-order valence-corrected chi connectivity index (χ3v) is 4.69. The van der Waals surface area contributed by atoms with Crippen molar-refractivity contribution in [2.45, 2.75) is 33.9 Å². The minimum atomic E-state index is -0.135. The van der Waals surface area contributed by atoms with Gasteiger partial charge in [-0.05, 0) is 50.6 Å². The van der Waals surface area contributed by atoms with Gasteiger partial charge >= 0.3 is 0 Å². The Morgan fingerprint density at radius 1 is 1.22 bits per heavy atom. The molecule has 6 heteroatoms. The Morgan fingerprint density at radius 3 is 2.52 bits per heavy atom. The fraction of sp³-hybridized carbons (Fsp3) is 0.333. The van der Waals surface area contributed by atoms with Crippen LogP contribution in [-0.2, 0) is 13.1 Å². The summed E-state index contributed by atoms with van der Waals surface area (Å²) in [7, 11) is 0. The average Bonchev–Trinajstić information content (AvgIpc) is 3.28. The van der Waals surface area contributed by atoms with Crippen molar-refractivity contribution in [3.63, 3.8) is 0 Å². The van der Waals surface area contributed by atoms with Crippen molar-refractivity contribution >= 4 is 5.91 Å². The van der Waals surface area contributed by atoms with Crippen LogP contribution in [0.15, 0.2) is 47.1 Å². The van der Waals surface area contributed by atoms with E-state index in [1.165, 1.54) is 0 Å². The highest BCUT2D eigenvalue weighted by Gasteiger charge is 2.18. The lowest BCUT2D eigenvalue weighted by molar-refractivity contribution is 0.0695. The van der Waals surface area contributed by atoms with Crippen LogP contribution >= 0.6 is 0 Å². The Balaban J connectivity index is 1.83. The summed E-state index contributed by atoms with van der Waals surface area (Å²) in [5.74, 6) is 0.552. The van der Waals surface area contributed by atoms with Gasteiger partial charge in [0, 0.05) is 29.9 Å². The zero-order chi connectivity index (χ0) is 19.4. The molecule has 27 heavy (non-hydrogen) atoms. The maximum Gasteiger partial charge on any atom is 0.254 e. The Morgan fingerprint density at radius 2 is 1.96 bits per heavy atom. The lowest BCUT2D eigenvalue weighted by Crippen LogP contribution is -2.32. The number of benzene rings is 1. The Bertz CT molecular complexity index is 896. The first-order valence-corrected chi connectivity index (χ1v) is 9.12. The van der Waals surface area contributed by atoms with Crippen LogP contribution in [0.4, 0.5) is 0 Å². The van der Waals surface area contributed by atoms with Crippen molar-refractivity contribution in [3.05, 3.63) is 65.4 Å². The van der Waals surface area contributed by atoms with Crippen molar-refractivity contribution in [3.8, 4) is 11.1 Å². The van der Waals surface area contributed by atoms with Crippen LogP contribution in [-0.4, -0.2) is 38.8 Å². The van der Waals surface area contributed by atoms with E-state index in [9.17, 15) is 9.90 Å². The summed E-state index contributed by atoms with van der Waals surface area (Å²) in [6, 6.07) is 11.2. The molecule has 2 heterocycles. The molecular formula is C21H25N3O3. The fourth-order valence-corrected chi connectivity index (χ4v) is 3.35. The predicted octanol–water partition coefficient (Wildman–Crippen LogP) is 3.41. The van der Waals surface area contributed by atoms with E-state index in [1.807, 2.05) is 41.9 Å². The number of aliphatic hydroxyl groups is 1. The molecule has 0 aliphatic rings. The number of carbonyl (C=O) groups excluding carboxylic acids is 1. The maximum absolute atomic E-state index is 12.8. The minimum Gasteiger partial charge on any atom is -0.467 e. The summed E-state index contributed by atoms with van der Waals surface area (Å²) in [6.07, 6.45) is 1.58. The number of aromatic nitrogens is 2. The third kappa shape index (κ3) is 3.95. The predicted molar refractivity (Wildman–Crippen MR) is 103 cm³/mol. The number of nitrogens with zero attached hydrogens (tertiary/aromatic N) is 3. The molecule has 1 aromatic carbocycles. The lowest BCUT2D eigenvalue weighted by atomic mass is 10.0. The third-order valence-electron chi connectivity index (χ3n) is 4.69. The molecule has 3 rings (SSSR count). The van der Waals surface area contributed by atoms with Crippen LogP contribution in [0, 0.1) is 13.8 Å². The van der Waals surface area contributed by atoms with E-state index < -0.39 is 0 Å². The molecule has 142 valence electrons. The van der Waals surface area contributed by atoms with Crippen LogP contribution in [0.3, 0.4) is 0 Å². The summed E-state index contributed by atoms with van der Waals surface area (Å²) in [5.41, 5.74) is 4.83. The SMILES string of the molecule is CCn1nc(C)c(-c2ccc(C(=O)N(CCO)Cc3ccco3)cc2)c1C. The van der Waals surface area contributed by atoms with E-state index in [2.05, 4.69) is 18.9 Å². The molecule has 0 fully saturated rings. The number of amides is 1. The summed E-state index contributed by atoms with van der Waals surface area (Å²) < 4.78 is 7.31. The fourth-order valence-electron chi connectivity index (χ4n) is 3.35. The van der Waals surface area contributed by atoms with Gasteiger partial charge in [0.15, 0.2) is 0 Å². The zero-order valence-corrected chi connectivity index (χ0v) is 16.0. The molecule has 0 radical (unpaired) electrons. The average molecular weight is 367 g/mol. The molecule has 0 saturated heterocycles. The van der Waals surface area contributed by atoms with E-state index in [0.29, 0.717) is 17.9 Å². The molecule has 1 N–H and O–H groups in total. The van der Waals surface area contributed by atoms with Gasteiger partial charge in [-0.2, -0.15) is 5.10 Å². The molecule has 0 atom stereocenters. The second kappa shape index (κ2) is 8.22. The summed E-state index contributed by atoms with van der Waals surface area (Å²) in [5, 5.41) is 13.9. The highest BCUT2D eigenvalue weighted by molar-refractivity contribution is 5.94. The number of rotatable bonds is 7. The highest BCUT2D eigenvalue weighted by atomic mass is 16.3. The van der Waals surface area contributed by atoms with Gasteiger partial charge in [-0.25, -0.2) is 0 Å². The van der Waals surface area contributed by atoms with Crippen molar-refractivity contribution < 1.29 is 14.3 Å². The monoisotopic (exact) mass is 367 g/mol. The molecule has 6 nitrogen and oxygen atoms in total. The molecule has 2 aromatic heterocycles. The summed E-state index contributed by atoms with van der Waals surface area (Å²) >= 11 is 0. The molecule has 0 saturated carbocycles. The largest absolute Gasteiger partial charge is 0.467 e. The second-order valence-electron chi connectivity index (χ2n) is 6.47. The Kier molecular flexibility index (Phi) is 5.76. The van der Waals surface area contributed by atoms with Crippen molar-refractivity contribution in [1.82, 2.24) is 14.7 Å². The van der Waals surface area contributed by atoms with Crippen LogP contribution in [0.2, 0.25) is 0 Å². The topological polar surface area (TPSA) is 71.5 Å². The van der Waals surface area contributed by atoms with E-state index >= 15 is 0 Å². The van der Waals surface area contributed by atoms with Crippen LogP contribution < -0.4 is 0 Å². The normalized spacial score (nSPS) is 11.0. The maximum atomic E-state index is 12.8. The molecule has 0 aliphatic carbocycles. The quantitative estimate of drug-likeness (QED) is 0.695. The van der Waals surface area contributed by atoms with Gasteiger partial charge in [-0.15, -0.1) is 0 Å². The minimum absolute atomic E-state index is 0.0981. The van der Waals surface area contributed by atoms with Crippen molar-refractivity contribution in [2.24, 2.45) is 0 Å². The van der Waals surface area contributed by atoms with Gasteiger partial charge in [0.2, 0.25) is 0 Å². The molecule has 0 unspecified atom stereocenters. The van der Waals surface area contributed by atoms with Gasteiger partial charge < -0.3 is 14.4 Å². The smallest absolute Gasteiger partial charge is 0.254 e. The van der Waals surface area contributed by atoms with Gasteiger partial charge in [0.05, 0.1) is 25.1 Å². The standard InChI is InChI=1S/C21H25N3O3/c1-4-24-16(3)20(15(2)22-24)17-7-9-18(10-8-17)21(26)23(11-12-25)14-19-6-5-13-27-19/h5-10,13,25H,4,11-12,14H2,1-3H3. The van der Waals surface area contributed by atoms with E-state index in [-0.39, 0.29) is 19.1 Å². The van der Waals surface area contributed by atoms with Gasteiger partial charge in [0.25, 0.3) is 5.91 Å². The molecule has 0 aliphatic heterocycles. The first kappa shape index (κ1) is 18.9. The summed E-state index contributed by atoms with van der Waals surface area (Å²) in [6.45, 7) is 7.44. The first-order valence-electron chi connectivity index (χ1n) is 9.12. The van der Waals surface area contributed by atoms with Crippen LogP contribution in [0.5, 0.6) is 0 Å². The molecular weight excluding hydrogens is 342 g/mol. The number of hydrogen-bond donors (Lipinski definition) is 1. The zero-order valence-electron chi connectivity index (χ0n) is 16.0. The Hall–Kier alpha value is -2.86. The highest BCUT2D eigenvalue weighted by Crippen LogP contribution is 2.27. The van der Waals surface area contributed by atoms with Crippen molar-refractivity contribution in [1.29, 1.82) is 0 Å². The molecule has 0 bridgehead atoms. The van der Waals surface area contributed by atoms with Gasteiger partial charge in [0.1, 0.15) is 5.76 Å². The van der Waals surface area contributed by atoms with Gasteiger partial charge in [-0.1, -0.05) is 12.1 Å². The molecule has 3 aromatic rings. The number of aliphatic hydroxyl groups excluding tert-OH is 1. The van der Waals surface area contributed by atoms with E-state index in [4.69, 9.17) is 4.42 Å². The number of furan rings is 1. The number of aryl methyl sites for hydroxylation is 2. The lowest BCUT2D eigenvalue weighted by Gasteiger charge is -2.20. The van der Waals surface area contributed by atoms with Gasteiger partial charge in [-0.3, -0.25) is 9.48 Å². The molecule has 0 spiro atoms. The van der Waals surface area contributed by atoms with Crippen LogP contribution in [0.25, 0.3) is 11.1 Å². The van der Waals surface area contributed by atoms with E-state index in [1.54, 1.807) is 17.2 Å². The second-order valence-corrected chi connectivity index (χ2v) is 6.47. The van der Waals surface area contributed by atoms with E-state index in [0.717, 1.165) is 29.1 Å². The Labute approximate surface area is 159 Å². The van der Waals surface area contributed by atoms with Crippen LogP contribution in [0.1, 0.15) is 34.4 Å². The summed E-state index contributed by atoms with van der Waals surface area (Å²) in [4.78, 5) is 14.4.